The first kappa shape index (κ1) is 11.0. The lowest BCUT2D eigenvalue weighted by atomic mass is 10.1. The van der Waals surface area contributed by atoms with Crippen molar-refractivity contribution in [3.05, 3.63) is 42.1 Å². The molecule has 2 aromatic rings. The number of hydrogen-bond acceptors (Lipinski definition) is 3. The van der Waals surface area contributed by atoms with E-state index in [1.54, 1.807) is 7.11 Å². The first-order chi connectivity index (χ1) is 7.79. The summed E-state index contributed by atoms with van der Waals surface area (Å²) in [5, 5.41) is 10.7. The van der Waals surface area contributed by atoms with Crippen LogP contribution in [0.1, 0.15) is 5.69 Å². The number of pyridine rings is 1. The van der Waals surface area contributed by atoms with Crippen LogP contribution in [0.5, 0.6) is 0 Å². The molecule has 16 heavy (non-hydrogen) atoms. The van der Waals surface area contributed by atoms with Gasteiger partial charge in [0.1, 0.15) is 0 Å². The minimum Gasteiger partial charge on any atom is -0.390 e. The number of ether oxygens (including phenoxy) is 1. The summed E-state index contributed by atoms with van der Waals surface area (Å²) >= 11 is 0. The summed E-state index contributed by atoms with van der Waals surface area (Å²) in [6, 6.07) is 11.9. The lowest BCUT2D eigenvalue weighted by Crippen LogP contribution is -2.17. The van der Waals surface area contributed by atoms with Gasteiger partial charge in [-0.2, -0.15) is 0 Å². The molecule has 0 spiro atoms. The number of nitrogens with zero attached hydrogens (tertiary/aromatic N) is 1. The van der Waals surface area contributed by atoms with Gasteiger partial charge in [0.15, 0.2) is 0 Å². The first-order valence-corrected chi connectivity index (χ1v) is 5.31. The molecule has 0 amide bonds. The van der Waals surface area contributed by atoms with Gasteiger partial charge in [-0.15, -0.1) is 0 Å². The summed E-state index contributed by atoms with van der Waals surface area (Å²) in [6.07, 6.45) is 0.0391. The standard InChI is InChI=1S/C13H15NO2/c1-16-9-12(15)8-11-7-6-10-4-2-3-5-13(10)14-11/h2-7,12,15H,8-9H2,1H3. The van der Waals surface area contributed by atoms with E-state index < -0.39 is 6.10 Å². The summed E-state index contributed by atoms with van der Waals surface area (Å²) < 4.78 is 4.89. The molecular formula is C13H15NO2. The maximum Gasteiger partial charge on any atom is 0.0828 e. The fraction of sp³-hybridized carbons (Fsp3) is 0.308. The molecule has 3 heteroatoms. The van der Waals surface area contributed by atoms with Crippen molar-refractivity contribution in [1.29, 1.82) is 0 Å². The maximum atomic E-state index is 9.61. The predicted octanol–water partition coefficient (Wildman–Crippen LogP) is 1.78. The Labute approximate surface area is 94.7 Å². The monoisotopic (exact) mass is 217 g/mol. The van der Waals surface area contributed by atoms with Crippen LogP contribution in [0.25, 0.3) is 10.9 Å². The van der Waals surface area contributed by atoms with Crippen LogP contribution in [0.3, 0.4) is 0 Å². The van der Waals surface area contributed by atoms with Crippen molar-refractivity contribution in [3.8, 4) is 0 Å². The third-order valence-corrected chi connectivity index (χ3v) is 2.46. The van der Waals surface area contributed by atoms with Crippen molar-refractivity contribution in [2.45, 2.75) is 12.5 Å². The van der Waals surface area contributed by atoms with Crippen LogP contribution in [0, 0.1) is 0 Å². The van der Waals surface area contributed by atoms with Crippen LogP contribution in [-0.2, 0) is 11.2 Å². The maximum absolute atomic E-state index is 9.61. The van der Waals surface area contributed by atoms with Crippen LogP contribution < -0.4 is 0 Å². The number of fused-ring (bicyclic) bond motifs is 1. The van der Waals surface area contributed by atoms with E-state index in [1.165, 1.54) is 0 Å². The minimum atomic E-state index is -0.487. The van der Waals surface area contributed by atoms with Crippen molar-refractivity contribution in [2.24, 2.45) is 0 Å². The molecule has 0 aliphatic rings. The molecule has 1 aromatic carbocycles. The van der Waals surface area contributed by atoms with Crippen LogP contribution in [0.15, 0.2) is 36.4 Å². The Morgan fingerprint density at radius 1 is 1.25 bits per heavy atom. The molecule has 1 aromatic heterocycles. The number of aliphatic hydroxyl groups excluding tert-OH is 1. The van der Waals surface area contributed by atoms with Gasteiger partial charge in [0.25, 0.3) is 0 Å². The SMILES string of the molecule is COCC(O)Cc1ccc2ccccc2n1. The summed E-state index contributed by atoms with van der Waals surface area (Å²) in [5.41, 5.74) is 1.85. The highest BCUT2D eigenvalue weighted by Gasteiger charge is 2.06. The van der Waals surface area contributed by atoms with E-state index in [-0.39, 0.29) is 0 Å². The van der Waals surface area contributed by atoms with Crippen LogP contribution >= 0.6 is 0 Å². The Bertz CT molecular complexity index is 470. The van der Waals surface area contributed by atoms with Gasteiger partial charge in [0.2, 0.25) is 0 Å². The van der Waals surface area contributed by atoms with Crippen molar-refractivity contribution < 1.29 is 9.84 Å². The van der Waals surface area contributed by atoms with E-state index in [1.807, 2.05) is 36.4 Å². The number of aromatic nitrogens is 1. The zero-order chi connectivity index (χ0) is 11.4. The molecule has 0 radical (unpaired) electrons. The molecule has 1 unspecified atom stereocenters. The predicted molar refractivity (Wildman–Crippen MR) is 63.3 cm³/mol. The molecule has 3 nitrogen and oxygen atoms in total. The Morgan fingerprint density at radius 3 is 2.88 bits per heavy atom. The highest BCUT2D eigenvalue weighted by atomic mass is 16.5. The second kappa shape index (κ2) is 5.05. The molecule has 0 saturated carbocycles. The van der Waals surface area contributed by atoms with Gasteiger partial charge in [-0.25, -0.2) is 0 Å². The molecular weight excluding hydrogens is 202 g/mol. The van der Waals surface area contributed by atoms with Gasteiger partial charge in [0, 0.05) is 24.6 Å². The molecule has 1 atom stereocenters. The van der Waals surface area contributed by atoms with E-state index in [4.69, 9.17) is 4.74 Å². The molecule has 0 bridgehead atoms. The molecule has 84 valence electrons. The molecule has 1 N–H and O–H groups in total. The largest absolute Gasteiger partial charge is 0.390 e. The van der Waals surface area contributed by atoms with Crippen molar-refractivity contribution >= 4 is 10.9 Å². The highest BCUT2D eigenvalue weighted by molar-refractivity contribution is 5.78. The topological polar surface area (TPSA) is 42.4 Å². The van der Waals surface area contributed by atoms with Gasteiger partial charge < -0.3 is 9.84 Å². The Hall–Kier alpha value is -1.45. The third kappa shape index (κ3) is 2.56. The Kier molecular flexibility index (Phi) is 3.49. The number of para-hydroxylation sites is 1. The van der Waals surface area contributed by atoms with Crippen molar-refractivity contribution in [2.75, 3.05) is 13.7 Å². The number of rotatable bonds is 4. The molecule has 0 aliphatic carbocycles. The van der Waals surface area contributed by atoms with E-state index >= 15 is 0 Å². The van der Waals surface area contributed by atoms with Gasteiger partial charge in [-0.3, -0.25) is 4.98 Å². The average Bonchev–Trinajstić information content (AvgIpc) is 2.29. The molecule has 2 rings (SSSR count). The van der Waals surface area contributed by atoms with Crippen LogP contribution in [-0.4, -0.2) is 29.9 Å². The molecule has 0 aliphatic heterocycles. The summed E-state index contributed by atoms with van der Waals surface area (Å²) in [6.45, 7) is 0.342. The summed E-state index contributed by atoms with van der Waals surface area (Å²) in [5.74, 6) is 0. The fourth-order valence-electron chi connectivity index (χ4n) is 1.71. The van der Waals surface area contributed by atoms with Gasteiger partial charge >= 0.3 is 0 Å². The van der Waals surface area contributed by atoms with E-state index in [0.717, 1.165) is 16.6 Å². The van der Waals surface area contributed by atoms with Crippen LogP contribution in [0.2, 0.25) is 0 Å². The van der Waals surface area contributed by atoms with Gasteiger partial charge in [0.05, 0.1) is 18.2 Å². The number of methoxy groups -OCH3 is 1. The zero-order valence-corrected chi connectivity index (χ0v) is 9.26. The molecule has 0 saturated heterocycles. The van der Waals surface area contributed by atoms with Crippen molar-refractivity contribution in [3.63, 3.8) is 0 Å². The van der Waals surface area contributed by atoms with E-state index in [9.17, 15) is 5.11 Å². The van der Waals surface area contributed by atoms with E-state index in [2.05, 4.69) is 4.98 Å². The summed E-state index contributed by atoms with van der Waals surface area (Å²) in [4.78, 5) is 4.48. The molecule has 1 heterocycles. The number of aliphatic hydroxyl groups is 1. The Morgan fingerprint density at radius 2 is 2.06 bits per heavy atom. The third-order valence-electron chi connectivity index (χ3n) is 2.46. The lowest BCUT2D eigenvalue weighted by Gasteiger charge is -2.09. The van der Waals surface area contributed by atoms with Gasteiger partial charge in [-0.1, -0.05) is 24.3 Å². The first-order valence-electron chi connectivity index (χ1n) is 5.31. The summed E-state index contributed by atoms with van der Waals surface area (Å²) in [7, 11) is 1.58. The lowest BCUT2D eigenvalue weighted by molar-refractivity contribution is 0.0645. The second-order valence-electron chi connectivity index (χ2n) is 3.81. The average molecular weight is 217 g/mol. The quantitative estimate of drug-likeness (QED) is 0.849. The normalized spacial score (nSPS) is 12.9. The van der Waals surface area contributed by atoms with Crippen molar-refractivity contribution in [1.82, 2.24) is 4.98 Å². The minimum absolute atomic E-state index is 0.342. The number of benzene rings is 1. The van der Waals surface area contributed by atoms with Gasteiger partial charge in [-0.05, 0) is 12.1 Å². The zero-order valence-electron chi connectivity index (χ0n) is 9.26. The smallest absolute Gasteiger partial charge is 0.0828 e. The van der Waals surface area contributed by atoms with E-state index in [0.29, 0.717) is 13.0 Å². The fourth-order valence-corrected chi connectivity index (χ4v) is 1.71. The second-order valence-corrected chi connectivity index (χ2v) is 3.81. The number of hydrogen-bond donors (Lipinski definition) is 1. The highest BCUT2D eigenvalue weighted by Crippen LogP contribution is 2.12. The Balaban J connectivity index is 2.19. The molecule has 0 fully saturated rings. The van der Waals surface area contributed by atoms with Crippen LogP contribution in [0.4, 0.5) is 0 Å².